The summed E-state index contributed by atoms with van der Waals surface area (Å²) in [7, 11) is 1.42. The van der Waals surface area contributed by atoms with Crippen molar-refractivity contribution in [3.8, 4) is 0 Å². The third-order valence-electron chi connectivity index (χ3n) is 3.54. The molecule has 0 fully saturated rings. The molecule has 0 unspecified atom stereocenters. The zero-order chi connectivity index (χ0) is 16.5. The third kappa shape index (κ3) is 15.0. The highest BCUT2D eigenvalue weighted by molar-refractivity contribution is 5.89. The van der Waals surface area contributed by atoms with Crippen molar-refractivity contribution in [1.29, 1.82) is 0 Å². The highest BCUT2D eigenvalue weighted by Crippen LogP contribution is 2.08. The van der Waals surface area contributed by atoms with E-state index in [0.29, 0.717) is 12.8 Å². The molecule has 0 rings (SSSR count). The number of unbranched alkanes of at least 4 members (excludes halogenated alkanes) is 7. The van der Waals surface area contributed by atoms with Crippen molar-refractivity contribution >= 4 is 11.8 Å². The van der Waals surface area contributed by atoms with Crippen LogP contribution >= 0.6 is 0 Å². The summed E-state index contributed by atoms with van der Waals surface area (Å²) in [5.74, 6) is 0.0656. The molecule has 0 saturated carbocycles. The Morgan fingerprint density at radius 2 is 1.55 bits per heavy atom. The second-order valence-electron chi connectivity index (χ2n) is 5.59. The molecule has 0 aromatic carbocycles. The van der Waals surface area contributed by atoms with Crippen LogP contribution in [0.15, 0.2) is 24.3 Å². The van der Waals surface area contributed by atoms with Crippen LogP contribution in [0.2, 0.25) is 0 Å². The second kappa shape index (κ2) is 16.0. The highest BCUT2D eigenvalue weighted by atomic mass is 16.5. The number of carbonyl (C=O) groups is 2. The summed E-state index contributed by atoms with van der Waals surface area (Å²) in [5, 5.41) is 0. The largest absolute Gasteiger partial charge is 0.469 e. The van der Waals surface area contributed by atoms with E-state index in [1.54, 1.807) is 6.08 Å². The average Bonchev–Trinajstić information content (AvgIpc) is 2.52. The van der Waals surface area contributed by atoms with Crippen LogP contribution in [-0.2, 0) is 14.3 Å². The number of allylic oxidation sites excluding steroid dienone is 4. The van der Waals surface area contributed by atoms with Crippen LogP contribution in [0.5, 0.6) is 0 Å². The summed E-state index contributed by atoms with van der Waals surface area (Å²) in [6.07, 6.45) is 18.5. The number of ether oxygens (including phenoxy) is 1. The molecule has 0 radical (unpaired) electrons. The van der Waals surface area contributed by atoms with Gasteiger partial charge in [0.25, 0.3) is 0 Å². The number of hydrogen-bond donors (Lipinski definition) is 0. The average molecular weight is 308 g/mol. The van der Waals surface area contributed by atoms with E-state index in [1.807, 2.05) is 12.2 Å². The van der Waals surface area contributed by atoms with Crippen molar-refractivity contribution in [3.05, 3.63) is 24.3 Å². The van der Waals surface area contributed by atoms with Gasteiger partial charge >= 0.3 is 5.97 Å². The number of hydrogen-bond acceptors (Lipinski definition) is 3. The SMILES string of the molecule is CCCCC/C=C\C=C/C(=O)CCCCCCCC(=O)OC. The lowest BCUT2D eigenvalue weighted by molar-refractivity contribution is -0.140. The van der Waals surface area contributed by atoms with Crippen LogP contribution in [-0.4, -0.2) is 18.9 Å². The molecule has 0 bridgehead atoms. The Bertz CT molecular complexity index is 343. The summed E-state index contributed by atoms with van der Waals surface area (Å²) in [6, 6.07) is 0. The maximum absolute atomic E-state index is 11.6. The van der Waals surface area contributed by atoms with Gasteiger partial charge in [0.15, 0.2) is 5.78 Å². The monoisotopic (exact) mass is 308 g/mol. The van der Waals surface area contributed by atoms with E-state index in [0.717, 1.165) is 38.5 Å². The lowest BCUT2D eigenvalue weighted by atomic mass is 10.1. The first kappa shape index (κ1) is 20.6. The van der Waals surface area contributed by atoms with E-state index in [2.05, 4.69) is 17.7 Å². The first-order valence-corrected chi connectivity index (χ1v) is 8.63. The first-order chi connectivity index (χ1) is 10.7. The van der Waals surface area contributed by atoms with Gasteiger partial charge in [-0.15, -0.1) is 0 Å². The zero-order valence-corrected chi connectivity index (χ0v) is 14.3. The third-order valence-corrected chi connectivity index (χ3v) is 3.54. The second-order valence-corrected chi connectivity index (χ2v) is 5.59. The number of carbonyl (C=O) groups excluding carboxylic acids is 2. The molecule has 0 atom stereocenters. The summed E-state index contributed by atoms with van der Waals surface area (Å²) in [5.41, 5.74) is 0. The number of ketones is 1. The molecule has 0 aliphatic carbocycles. The van der Waals surface area contributed by atoms with Gasteiger partial charge in [-0.2, -0.15) is 0 Å². The Morgan fingerprint density at radius 1 is 0.864 bits per heavy atom. The minimum Gasteiger partial charge on any atom is -0.469 e. The summed E-state index contributed by atoms with van der Waals surface area (Å²) < 4.78 is 4.59. The maximum Gasteiger partial charge on any atom is 0.305 e. The Kier molecular flexibility index (Phi) is 15.0. The van der Waals surface area contributed by atoms with Gasteiger partial charge in [-0.05, 0) is 31.8 Å². The molecule has 126 valence electrons. The molecule has 0 heterocycles. The molecule has 0 saturated heterocycles. The quantitative estimate of drug-likeness (QED) is 0.193. The zero-order valence-electron chi connectivity index (χ0n) is 14.3. The molecule has 22 heavy (non-hydrogen) atoms. The Morgan fingerprint density at radius 3 is 2.23 bits per heavy atom. The Hall–Kier alpha value is -1.38. The van der Waals surface area contributed by atoms with Crippen LogP contribution in [0.4, 0.5) is 0 Å². The van der Waals surface area contributed by atoms with Crippen LogP contribution in [0.1, 0.15) is 77.6 Å². The molecule has 0 amide bonds. The van der Waals surface area contributed by atoms with E-state index in [4.69, 9.17) is 0 Å². The predicted molar refractivity (Wildman–Crippen MR) is 91.8 cm³/mol. The van der Waals surface area contributed by atoms with Gasteiger partial charge in [-0.25, -0.2) is 0 Å². The number of rotatable bonds is 14. The van der Waals surface area contributed by atoms with Crippen molar-refractivity contribution < 1.29 is 14.3 Å². The molecule has 0 aliphatic heterocycles. The van der Waals surface area contributed by atoms with E-state index in [9.17, 15) is 9.59 Å². The van der Waals surface area contributed by atoms with Gasteiger partial charge in [-0.3, -0.25) is 9.59 Å². The standard InChI is InChI=1S/C19H32O3/c1-3-4-5-6-7-9-12-15-18(20)16-13-10-8-11-14-17-19(21)22-2/h7,9,12,15H,3-6,8,10-11,13-14,16-17H2,1-2H3/b9-7-,15-12-. The van der Waals surface area contributed by atoms with Crippen molar-refractivity contribution in [2.75, 3.05) is 7.11 Å². The topological polar surface area (TPSA) is 43.4 Å². The Labute approximate surface area is 135 Å². The molecule has 0 aromatic rings. The van der Waals surface area contributed by atoms with Crippen LogP contribution in [0.25, 0.3) is 0 Å². The highest BCUT2D eigenvalue weighted by Gasteiger charge is 2.00. The molecule has 0 aromatic heterocycles. The van der Waals surface area contributed by atoms with Crippen LogP contribution in [0.3, 0.4) is 0 Å². The van der Waals surface area contributed by atoms with Gasteiger partial charge in [0.2, 0.25) is 0 Å². The van der Waals surface area contributed by atoms with Gasteiger partial charge in [0, 0.05) is 12.8 Å². The summed E-state index contributed by atoms with van der Waals surface area (Å²) in [6.45, 7) is 2.20. The van der Waals surface area contributed by atoms with Gasteiger partial charge in [0.05, 0.1) is 7.11 Å². The lowest BCUT2D eigenvalue weighted by Crippen LogP contribution is -1.99. The van der Waals surface area contributed by atoms with Crippen molar-refractivity contribution in [2.24, 2.45) is 0 Å². The van der Waals surface area contributed by atoms with Crippen LogP contribution < -0.4 is 0 Å². The van der Waals surface area contributed by atoms with Gasteiger partial charge in [-0.1, -0.05) is 57.3 Å². The fourth-order valence-corrected chi connectivity index (χ4v) is 2.13. The molecule has 0 N–H and O–H groups in total. The maximum atomic E-state index is 11.6. The molecule has 0 aliphatic rings. The summed E-state index contributed by atoms with van der Waals surface area (Å²) in [4.78, 5) is 22.5. The fraction of sp³-hybridized carbons (Fsp3) is 0.684. The molecule has 3 heteroatoms. The van der Waals surface area contributed by atoms with Crippen molar-refractivity contribution in [1.82, 2.24) is 0 Å². The smallest absolute Gasteiger partial charge is 0.305 e. The van der Waals surface area contributed by atoms with Gasteiger partial charge in [0.1, 0.15) is 0 Å². The van der Waals surface area contributed by atoms with Crippen molar-refractivity contribution in [2.45, 2.75) is 77.6 Å². The number of methoxy groups -OCH3 is 1. The fourth-order valence-electron chi connectivity index (χ4n) is 2.13. The Balaban J connectivity index is 3.43. The lowest BCUT2D eigenvalue weighted by Gasteiger charge is -2.00. The first-order valence-electron chi connectivity index (χ1n) is 8.63. The van der Waals surface area contributed by atoms with E-state index < -0.39 is 0 Å². The molecule has 0 spiro atoms. The molecular formula is C19H32O3. The minimum atomic E-state index is -0.136. The molecule has 3 nitrogen and oxygen atoms in total. The van der Waals surface area contributed by atoms with Crippen LogP contribution in [0, 0.1) is 0 Å². The van der Waals surface area contributed by atoms with Gasteiger partial charge < -0.3 is 4.74 Å². The van der Waals surface area contributed by atoms with E-state index in [1.165, 1.54) is 26.4 Å². The van der Waals surface area contributed by atoms with Crippen molar-refractivity contribution in [3.63, 3.8) is 0 Å². The molecular weight excluding hydrogens is 276 g/mol. The van der Waals surface area contributed by atoms with E-state index >= 15 is 0 Å². The number of esters is 1. The normalized spacial score (nSPS) is 11.4. The minimum absolute atomic E-state index is 0.136. The summed E-state index contributed by atoms with van der Waals surface area (Å²) >= 11 is 0. The van der Waals surface area contributed by atoms with E-state index in [-0.39, 0.29) is 11.8 Å². The predicted octanol–water partition coefficient (Wildman–Crippen LogP) is 5.15.